The lowest BCUT2D eigenvalue weighted by atomic mass is 9.52. The van der Waals surface area contributed by atoms with Crippen LogP contribution >= 0.6 is 0 Å². The van der Waals surface area contributed by atoms with Crippen LogP contribution in [0.1, 0.15) is 74.8 Å². The first-order chi connectivity index (χ1) is 20.2. The van der Waals surface area contributed by atoms with Crippen molar-refractivity contribution in [1.82, 2.24) is 0 Å². The van der Waals surface area contributed by atoms with E-state index in [1.165, 1.54) is 45.0 Å². The Balaban J connectivity index is 1.48. The molecule has 0 amide bonds. The largest absolute Gasteiger partial charge is 0.472 e. The summed E-state index contributed by atoms with van der Waals surface area (Å²) in [5, 5.41) is 2.48. The maximum atomic E-state index is 7.48. The van der Waals surface area contributed by atoms with Gasteiger partial charge in [-0.2, -0.15) is 0 Å². The molecule has 1 fully saturated rings. The Morgan fingerprint density at radius 2 is 1.12 bits per heavy atom. The van der Waals surface area contributed by atoms with E-state index in [1.54, 1.807) is 0 Å². The highest BCUT2D eigenvalue weighted by Gasteiger charge is 2.55. The smallest absolute Gasteiger partial charge is 0.178 e. The van der Waals surface area contributed by atoms with Crippen molar-refractivity contribution in [2.75, 3.05) is 0 Å². The molecule has 1 saturated carbocycles. The highest BCUT2D eigenvalue weighted by molar-refractivity contribution is 6.08. The summed E-state index contributed by atoms with van der Waals surface area (Å²) in [6.45, 7) is 9.91. The zero-order chi connectivity index (χ0) is 28.7. The zero-order valence-electron chi connectivity index (χ0n) is 25.1. The van der Waals surface area contributed by atoms with Gasteiger partial charge in [0.1, 0.15) is 5.75 Å². The van der Waals surface area contributed by atoms with E-state index < -0.39 is 5.60 Å². The van der Waals surface area contributed by atoms with Crippen molar-refractivity contribution in [2.24, 2.45) is 10.8 Å². The van der Waals surface area contributed by atoms with Gasteiger partial charge in [0, 0.05) is 27.5 Å². The average molecular weight is 547 g/mol. The Morgan fingerprint density at radius 1 is 0.571 bits per heavy atom. The van der Waals surface area contributed by atoms with E-state index in [9.17, 15) is 0 Å². The van der Waals surface area contributed by atoms with Gasteiger partial charge < -0.3 is 4.74 Å². The molecule has 1 aliphatic heterocycles. The highest BCUT2D eigenvalue weighted by atomic mass is 16.5. The maximum Gasteiger partial charge on any atom is 0.178 e. The van der Waals surface area contributed by atoms with E-state index in [-0.39, 0.29) is 16.2 Å². The van der Waals surface area contributed by atoms with E-state index >= 15 is 0 Å². The van der Waals surface area contributed by atoms with Crippen molar-refractivity contribution >= 4 is 16.8 Å². The van der Waals surface area contributed by atoms with Gasteiger partial charge in [-0.05, 0) is 63.8 Å². The topological polar surface area (TPSA) is 9.23 Å². The molecule has 208 valence electrons. The molecule has 0 atom stereocenters. The van der Waals surface area contributed by atoms with Crippen molar-refractivity contribution in [3.05, 3.63) is 143 Å². The van der Waals surface area contributed by atoms with Crippen LogP contribution in [0.25, 0.3) is 28.0 Å². The molecule has 3 aliphatic rings. The third-order valence-electron chi connectivity index (χ3n) is 10.1. The van der Waals surface area contributed by atoms with Gasteiger partial charge in [-0.1, -0.05) is 143 Å². The molecular formula is C41H38O. The molecule has 0 saturated heterocycles. The van der Waals surface area contributed by atoms with Crippen LogP contribution in [0.2, 0.25) is 0 Å². The van der Waals surface area contributed by atoms with Crippen molar-refractivity contribution in [3.8, 4) is 16.9 Å². The van der Waals surface area contributed by atoms with Crippen LogP contribution in [0.3, 0.4) is 0 Å². The van der Waals surface area contributed by atoms with Crippen LogP contribution in [0.15, 0.2) is 115 Å². The third-order valence-corrected chi connectivity index (χ3v) is 10.1. The summed E-state index contributed by atoms with van der Waals surface area (Å²) < 4.78 is 7.48. The van der Waals surface area contributed by atoms with Gasteiger partial charge in [-0.15, -0.1) is 0 Å². The van der Waals surface area contributed by atoms with Crippen LogP contribution in [0.5, 0.6) is 5.75 Å². The number of hydrogen-bond donors (Lipinski definition) is 0. The Morgan fingerprint density at radius 3 is 1.76 bits per heavy atom. The maximum absolute atomic E-state index is 7.48. The average Bonchev–Trinajstić information content (AvgIpc) is 3.25. The molecule has 1 nitrogen and oxygen atoms in total. The van der Waals surface area contributed by atoms with Crippen molar-refractivity contribution in [1.29, 1.82) is 0 Å². The fourth-order valence-electron chi connectivity index (χ4n) is 9.45. The van der Waals surface area contributed by atoms with Gasteiger partial charge in [0.2, 0.25) is 0 Å². The van der Waals surface area contributed by atoms with E-state index in [0.29, 0.717) is 0 Å². The molecule has 0 unspecified atom stereocenters. The predicted molar refractivity (Wildman–Crippen MR) is 175 cm³/mol. The van der Waals surface area contributed by atoms with Gasteiger partial charge in [0.05, 0.1) is 0 Å². The van der Waals surface area contributed by atoms with E-state index in [2.05, 4.69) is 149 Å². The van der Waals surface area contributed by atoms with E-state index in [4.69, 9.17) is 4.74 Å². The van der Waals surface area contributed by atoms with Gasteiger partial charge in [-0.3, -0.25) is 0 Å². The van der Waals surface area contributed by atoms with Gasteiger partial charge in [0.25, 0.3) is 0 Å². The predicted octanol–water partition coefficient (Wildman–Crippen LogP) is 10.7. The Bertz CT molecular complexity index is 1820. The number of benzene rings is 5. The number of rotatable bonds is 2. The zero-order valence-corrected chi connectivity index (χ0v) is 25.1. The lowest BCUT2D eigenvalue weighted by molar-refractivity contribution is 0.0642. The van der Waals surface area contributed by atoms with Crippen LogP contribution in [0.4, 0.5) is 0 Å². The van der Waals surface area contributed by atoms with E-state index in [1.807, 2.05) is 0 Å². The van der Waals surface area contributed by atoms with Gasteiger partial charge in [0.15, 0.2) is 5.60 Å². The molecule has 2 aliphatic carbocycles. The third kappa shape index (κ3) is 3.56. The summed E-state index contributed by atoms with van der Waals surface area (Å²) >= 11 is 0. The minimum absolute atomic E-state index is 0.0709. The Kier molecular flexibility index (Phi) is 5.31. The molecule has 1 heterocycles. The van der Waals surface area contributed by atoms with Crippen LogP contribution in [-0.4, -0.2) is 0 Å². The minimum Gasteiger partial charge on any atom is -0.472 e. The normalized spacial score (nSPS) is 20.0. The first-order valence-corrected chi connectivity index (χ1v) is 15.4. The Labute approximate surface area is 249 Å². The minimum atomic E-state index is -0.712. The number of ether oxygens (including phenoxy) is 1. The molecule has 1 spiro atoms. The second-order valence-corrected chi connectivity index (χ2v) is 14.4. The van der Waals surface area contributed by atoms with E-state index in [0.717, 1.165) is 29.7 Å². The first kappa shape index (κ1) is 25.6. The molecule has 5 aromatic carbocycles. The molecule has 42 heavy (non-hydrogen) atoms. The SMILES string of the molecule is CC1(C)CC(C)(C)CC2(C1)c1ccccc1-c1c2c2c(c3ccccc13)OC(c1ccccc1)(c1ccccc1)C=C2. The Hall–Kier alpha value is -4.10. The van der Waals surface area contributed by atoms with Crippen LogP contribution in [-0.2, 0) is 11.0 Å². The fraction of sp³-hybridized carbons (Fsp3) is 0.268. The molecule has 0 aromatic heterocycles. The summed E-state index contributed by atoms with van der Waals surface area (Å²) in [5.41, 5.74) is 8.97. The fourth-order valence-corrected chi connectivity index (χ4v) is 9.45. The molecule has 0 N–H and O–H groups in total. The number of hydrogen-bond acceptors (Lipinski definition) is 1. The van der Waals surface area contributed by atoms with Crippen molar-refractivity contribution < 1.29 is 4.74 Å². The summed E-state index contributed by atoms with van der Waals surface area (Å²) in [5.74, 6) is 1.01. The lowest BCUT2D eigenvalue weighted by Gasteiger charge is -2.52. The van der Waals surface area contributed by atoms with Crippen molar-refractivity contribution in [2.45, 2.75) is 58.0 Å². The van der Waals surface area contributed by atoms with Crippen molar-refractivity contribution in [3.63, 3.8) is 0 Å². The lowest BCUT2D eigenvalue weighted by Crippen LogP contribution is -2.44. The van der Waals surface area contributed by atoms with Crippen LogP contribution in [0, 0.1) is 10.8 Å². The quantitative estimate of drug-likeness (QED) is 0.214. The highest BCUT2D eigenvalue weighted by Crippen LogP contribution is 2.66. The second kappa shape index (κ2) is 8.71. The standard InChI is InChI=1S/C41H38O/c1-38(2)25-39(3,4)27-40(26-38)34-22-14-13-21-32(34)35-30-19-11-12-20-31(30)37-33(36(35)40)23-24-41(42-37,28-15-7-5-8-16-28)29-17-9-6-10-18-29/h5-24H,25-27H2,1-4H3. The first-order valence-electron chi connectivity index (χ1n) is 15.4. The summed E-state index contributed by atoms with van der Waals surface area (Å²) in [6, 6.07) is 39.6. The van der Waals surface area contributed by atoms with Crippen LogP contribution < -0.4 is 4.74 Å². The second-order valence-electron chi connectivity index (χ2n) is 14.4. The van der Waals surface area contributed by atoms with Gasteiger partial charge >= 0.3 is 0 Å². The summed E-state index contributed by atoms with van der Waals surface area (Å²) in [6.07, 6.45) is 8.23. The molecule has 5 aromatic rings. The molecule has 0 radical (unpaired) electrons. The monoisotopic (exact) mass is 546 g/mol. The molecule has 0 bridgehead atoms. The summed E-state index contributed by atoms with van der Waals surface area (Å²) in [4.78, 5) is 0. The van der Waals surface area contributed by atoms with Gasteiger partial charge in [-0.25, -0.2) is 0 Å². The summed E-state index contributed by atoms with van der Waals surface area (Å²) in [7, 11) is 0. The molecule has 1 heteroatoms. The number of fused-ring (bicyclic) bond motifs is 10. The molecule has 8 rings (SSSR count). The molecular weight excluding hydrogens is 508 g/mol.